The SMILES string of the molecule is Cc1cccc2nnc(N3CCC(C(=O)Nc4ccccc4F)CC3)n12. The number of anilines is 2. The standard InChI is InChI=1S/C19H20FN5O/c1-13-5-4-8-17-22-23-19(25(13)17)24-11-9-14(10-12-24)18(26)21-16-7-3-2-6-15(16)20/h2-8,14H,9-12H2,1H3,(H,21,26). The second-order valence-electron chi connectivity index (χ2n) is 6.59. The van der Waals surface area contributed by atoms with E-state index in [1.165, 1.54) is 6.07 Å². The first-order valence-electron chi connectivity index (χ1n) is 8.74. The molecule has 0 saturated carbocycles. The van der Waals surface area contributed by atoms with Crippen molar-refractivity contribution in [2.24, 2.45) is 5.92 Å². The van der Waals surface area contributed by atoms with Crippen LogP contribution in [0.2, 0.25) is 0 Å². The Morgan fingerprint density at radius 3 is 2.65 bits per heavy atom. The monoisotopic (exact) mass is 353 g/mol. The molecule has 26 heavy (non-hydrogen) atoms. The van der Waals surface area contributed by atoms with Gasteiger partial charge in [0.2, 0.25) is 11.9 Å². The maximum atomic E-state index is 13.7. The lowest BCUT2D eigenvalue weighted by Gasteiger charge is -2.31. The van der Waals surface area contributed by atoms with Crippen molar-refractivity contribution in [3.63, 3.8) is 0 Å². The third-order valence-corrected chi connectivity index (χ3v) is 4.89. The number of nitrogens with zero attached hydrogens (tertiary/aromatic N) is 4. The third kappa shape index (κ3) is 3.00. The smallest absolute Gasteiger partial charge is 0.231 e. The van der Waals surface area contributed by atoms with Crippen LogP contribution in [0.5, 0.6) is 0 Å². The molecule has 1 aliphatic heterocycles. The molecule has 3 heterocycles. The van der Waals surface area contributed by atoms with Crippen LogP contribution >= 0.6 is 0 Å². The maximum absolute atomic E-state index is 13.7. The lowest BCUT2D eigenvalue weighted by Crippen LogP contribution is -2.39. The molecule has 1 amide bonds. The number of benzene rings is 1. The van der Waals surface area contributed by atoms with Crippen molar-refractivity contribution in [2.75, 3.05) is 23.3 Å². The fourth-order valence-electron chi connectivity index (χ4n) is 3.43. The number of aromatic nitrogens is 3. The maximum Gasteiger partial charge on any atom is 0.231 e. The summed E-state index contributed by atoms with van der Waals surface area (Å²) in [6.45, 7) is 3.45. The average Bonchev–Trinajstić information content (AvgIpc) is 3.09. The van der Waals surface area contributed by atoms with Crippen molar-refractivity contribution in [2.45, 2.75) is 19.8 Å². The summed E-state index contributed by atoms with van der Waals surface area (Å²) in [6, 6.07) is 12.1. The number of amides is 1. The minimum atomic E-state index is -0.413. The van der Waals surface area contributed by atoms with Gasteiger partial charge in [-0.25, -0.2) is 4.39 Å². The van der Waals surface area contributed by atoms with E-state index in [1.54, 1.807) is 18.2 Å². The van der Waals surface area contributed by atoms with Crippen LogP contribution in [-0.2, 0) is 4.79 Å². The van der Waals surface area contributed by atoms with Gasteiger partial charge in [0.25, 0.3) is 0 Å². The fourth-order valence-corrected chi connectivity index (χ4v) is 3.43. The summed E-state index contributed by atoms with van der Waals surface area (Å²) in [5, 5.41) is 11.2. The minimum absolute atomic E-state index is 0.128. The lowest BCUT2D eigenvalue weighted by molar-refractivity contribution is -0.120. The van der Waals surface area contributed by atoms with Crippen LogP contribution < -0.4 is 10.2 Å². The molecule has 0 aliphatic carbocycles. The molecule has 1 aliphatic rings. The van der Waals surface area contributed by atoms with Crippen molar-refractivity contribution in [3.8, 4) is 0 Å². The molecule has 0 atom stereocenters. The van der Waals surface area contributed by atoms with Gasteiger partial charge in [0, 0.05) is 24.7 Å². The van der Waals surface area contributed by atoms with Gasteiger partial charge in [0.15, 0.2) is 5.65 Å². The molecule has 4 rings (SSSR count). The molecular weight excluding hydrogens is 333 g/mol. The number of para-hydroxylation sites is 1. The largest absolute Gasteiger partial charge is 0.341 e. The first kappa shape index (κ1) is 16.5. The van der Waals surface area contributed by atoms with Gasteiger partial charge in [-0.05, 0) is 44.0 Å². The van der Waals surface area contributed by atoms with E-state index in [4.69, 9.17) is 0 Å². The van der Waals surface area contributed by atoms with Crippen molar-refractivity contribution < 1.29 is 9.18 Å². The van der Waals surface area contributed by atoms with Crippen molar-refractivity contribution in [3.05, 3.63) is 54.0 Å². The Labute approximate surface area is 150 Å². The summed E-state index contributed by atoms with van der Waals surface area (Å²) in [5.41, 5.74) is 2.13. The van der Waals surface area contributed by atoms with Crippen LogP contribution in [-0.4, -0.2) is 33.6 Å². The number of fused-ring (bicyclic) bond motifs is 1. The van der Waals surface area contributed by atoms with E-state index in [9.17, 15) is 9.18 Å². The summed E-state index contributed by atoms with van der Waals surface area (Å²) in [5.74, 6) is 0.137. The van der Waals surface area contributed by atoms with E-state index < -0.39 is 5.82 Å². The second kappa shape index (κ2) is 6.74. The molecule has 0 bridgehead atoms. The van der Waals surface area contributed by atoms with Gasteiger partial charge in [0.05, 0.1) is 5.69 Å². The predicted molar refractivity (Wildman–Crippen MR) is 97.7 cm³/mol. The molecule has 1 aromatic carbocycles. The predicted octanol–water partition coefficient (Wildman–Crippen LogP) is 3.03. The molecule has 0 unspecified atom stereocenters. The number of hydrogen-bond donors (Lipinski definition) is 1. The molecule has 2 aromatic heterocycles. The van der Waals surface area contributed by atoms with Gasteiger partial charge >= 0.3 is 0 Å². The normalized spacial score (nSPS) is 15.4. The van der Waals surface area contributed by atoms with Crippen LogP contribution in [0.4, 0.5) is 16.0 Å². The summed E-state index contributed by atoms with van der Waals surface area (Å²) < 4.78 is 15.7. The van der Waals surface area contributed by atoms with Crippen molar-refractivity contribution in [1.29, 1.82) is 0 Å². The molecule has 1 saturated heterocycles. The van der Waals surface area contributed by atoms with Gasteiger partial charge < -0.3 is 10.2 Å². The highest BCUT2D eigenvalue weighted by atomic mass is 19.1. The zero-order valence-electron chi connectivity index (χ0n) is 14.5. The van der Waals surface area contributed by atoms with Crippen LogP contribution in [0.15, 0.2) is 42.5 Å². The highest BCUT2D eigenvalue weighted by Crippen LogP contribution is 2.25. The number of carbonyl (C=O) groups is 1. The minimum Gasteiger partial charge on any atom is -0.341 e. The highest BCUT2D eigenvalue weighted by Gasteiger charge is 2.27. The first-order valence-corrected chi connectivity index (χ1v) is 8.74. The summed E-state index contributed by atoms with van der Waals surface area (Å²) in [7, 11) is 0. The molecule has 3 aromatic rings. The van der Waals surface area contributed by atoms with E-state index in [-0.39, 0.29) is 17.5 Å². The number of pyridine rings is 1. The Balaban J connectivity index is 1.44. The van der Waals surface area contributed by atoms with Gasteiger partial charge in [-0.3, -0.25) is 9.20 Å². The molecule has 0 radical (unpaired) electrons. The molecule has 6 nitrogen and oxygen atoms in total. The number of halogens is 1. The van der Waals surface area contributed by atoms with E-state index in [0.717, 1.165) is 17.3 Å². The van der Waals surface area contributed by atoms with Gasteiger partial charge in [-0.2, -0.15) is 0 Å². The number of nitrogens with one attached hydrogen (secondary N) is 1. The quantitative estimate of drug-likeness (QED) is 0.786. The van der Waals surface area contributed by atoms with E-state index in [1.807, 2.05) is 29.5 Å². The Kier molecular flexibility index (Phi) is 4.28. The second-order valence-corrected chi connectivity index (χ2v) is 6.59. The lowest BCUT2D eigenvalue weighted by atomic mass is 9.96. The Bertz CT molecular complexity index is 946. The number of aryl methyl sites for hydroxylation is 1. The number of rotatable bonds is 3. The first-order chi connectivity index (χ1) is 12.6. The zero-order chi connectivity index (χ0) is 18.1. The number of hydrogen-bond acceptors (Lipinski definition) is 4. The third-order valence-electron chi connectivity index (χ3n) is 4.89. The topological polar surface area (TPSA) is 62.5 Å². The summed E-state index contributed by atoms with van der Waals surface area (Å²) >= 11 is 0. The van der Waals surface area contributed by atoms with Crippen molar-refractivity contribution >= 4 is 23.2 Å². The summed E-state index contributed by atoms with van der Waals surface area (Å²) in [6.07, 6.45) is 1.39. The Morgan fingerprint density at radius 1 is 1.12 bits per heavy atom. The molecule has 134 valence electrons. The average molecular weight is 353 g/mol. The number of piperidine rings is 1. The molecule has 1 fully saturated rings. The fraction of sp³-hybridized carbons (Fsp3) is 0.316. The van der Waals surface area contributed by atoms with Crippen LogP contribution in [0, 0.1) is 18.7 Å². The van der Waals surface area contributed by atoms with Crippen LogP contribution in [0.1, 0.15) is 18.5 Å². The van der Waals surface area contributed by atoms with E-state index in [2.05, 4.69) is 20.4 Å². The molecule has 1 N–H and O–H groups in total. The van der Waals surface area contributed by atoms with Gasteiger partial charge in [-0.15, -0.1) is 10.2 Å². The summed E-state index contributed by atoms with van der Waals surface area (Å²) in [4.78, 5) is 14.6. The highest BCUT2D eigenvalue weighted by molar-refractivity contribution is 5.92. The van der Waals surface area contributed by atoms with E-state index >= 15 is 0 Å². The van der Waals surface area contributed by atoms with Gasteiger partial charge in [-0.1, -0.05) is 18.2 Å². The Hall–Kier alpha value is -2.96. The molecular formula is C19H20FN5O. The van der Waals surface area contributed by atoms with Crippen LogP contribution in [0.25, 0.3) is 5.65 Å². The van der Waals surface area contributed by atoms with Gasteiger partial charge in [0.1, 0.15) is 5.82 Å². The number of carbonyl (C=O) groups excluding carboxylic acids is 1. The molecule has 7 heteroatoms. The Morgan fingerprint density at radius 2 is 1.88 bits per heavy atom. The van der Waals surface area contributed by atoms with E-state index in [0.29, 0.717) is 25.9 Å². The van der Waals surface area contributed by atoms with Crippen molar-refractivity contribution in [1.82, 2.24) is 14.6 Å². The van der Waals surface area contributed by atoms with Crippen LogP contribution in [0.3, 0.4) is 0 Å². The molecule has 0 spiro atoms. The zero-order valence-corrected chi connectivity index (χ0v) is 14.5.